The van der Waals surface area contributed by atoms with Gasteiger partial charge in [0, 0.05) is 17.0 Å². The molecule has 6 aromatic rings. The number of halogens is 1. The summed E-state index contributed by atoms with van der Waals surface area (Å²) in [4.78, 5) is 12.1. The van der Waals surface area contributed by atoms with E-state index in [-0.39, 0.29) is 11.8 Å². The van der Waals surface area contributed by atoms with E-state index in [9.17, 15) is 4.39 Å². The highest BCUT2D eigenvalue weighted by molar-refractivity contribution is 6.00. The Morgan fingerprint density at radius 1 is 0.944 bits per heavy atom. The van der Waals surface area contributed by atoms with Crippen LogP contribution in [-0.4, -0.2) is 24.7 Å². The van der Waals surface area contributed by atoms with Gasteiger partial charge >= 0.3 is 0 Å². The minimum Gasteiger partial charge on any atom is -0.454 e. The number of fused-ring (bicyclic) bond motifs is 3. The summed E-state index contributed by atoms with van der Waals surface area (Å²) in [6.07, 6.45) is 3.21. The van der Waals surface area contributed by atoms with Crippen LogP contribution in [-0.2, 0) is 12.8 Å². The van der Waals surface area contributed by atoms with Crippen molar-refractivity contribution in [3.05, 3.63) is 96.1 Å². The molecule has 3 heterocycles. The van der Waals surface area contributed by atoms with Crippen LogP contribution in [0.1, 0.15) is 17.2 Å². The molecule has 0 aliphatic heterocycles. The molecule has 3 aromatic carbocycles. The van der Waals surface area contributed by atoms with Crippen LogP contribution in [0.4, 0.5) is 10.2 Å². The van der Waals surface area contributed by atoms with Crippen LogP contribution in [0.3, 0.4) is 0 Å². The number of nitrogen functional groups attached to an aromatic ring is 1. The number of H-pyrrole nitrogens is 1. The Morgan fingerprint density at radius 2 is 1.69 bits per heavy atom. The van der Waals surface area contributed by atoms with Crippen LogP contribution in [0.25, 0.3) is 33.3 Å². The van der Waals surface area contributed by atoms with Gasteiger partial charge in [-0.1, -0.05) is 42.5 Å². The number of anilines is 1. The third-order valence-corrected chi connectivity index (χ3v) is 6.79. The Morgan fingerprint density at radius 3 is 2.47 bits per heavy atom. The highest BCUT2D eigenvalue weighted by Gasteiger charge is 2.28. The van der Waals surface area contributed by atoms with Crippen LogP contribution < -0.4 is 10.5 Å². The lowest BCUT2D eigenvalue weighted by Crippen LogP contribution is -2.11. The topological polar surface area (TPSA) is 94.6 Å². The maximum absolute atomic E-state index is 14.9. The molecule has 176 valence electrons. The number of nitrogens with two attached hydrogens (primary N) is 1. The van der Waals surface area contributed by atoms with Gasteiger partial charge < -0.3 is 15.5 Å². The first-order chi connectivity index (χ1) is 17.6. The molecule has 0 spiro atoms. The number of aromatic amines is 1. The molecule has 0 saturated carbocycles. The maximum atomic E-state index is 14.9. The number of nitrogens with zero attached hydrogens (tertiary/aromatic N) is 4. The summed E-state index contributed by atoms with van der Waals surface area (Å²) in [6.45, 7) is 0. The summed E-state index contributed by atoms with van der Waals surface area (Å²) >= 11 is 0. The van der Waals surface area contributed by atoms with Crippen LogP contribution in [0.15, 0.2) is 79.1 Å². The average molecular weight is 477 g/mol. The van der Waals surface area contributed by atoms with Crippen LogP contribution in [0, 0.1) is 5.82 Å². The van der Waals surface area contributed by atoms with E-state index in [2.05, 4.69) is 39.2 Å². The lowest BCUT2D eigenvalue weighted by atomic mass is 10.1. The Labute approximate surface area is 205 Å². The van der Waals surface area contributed by atoms with E-state index in [1.807, 2.05) is 28.9 Å². The lowest BCUT2D eigenvalue weighted by Gasteiger charge is -2.10. The Bertz CT molecular complexity index is 1730. The van der Waals surface area contributed by atoms with E-state index in [4.69, 9.17) is 15.6 Å². The van der Waals surface area contributed by atoms with Gasteiger partial charge in [-0.3, -0.25) is 0 Å². The fraction of sp³-hybridized carbons (Fsp3) is 0.107. The first kappa shape index (κ1) is 20.6. The zero-order chi connectivity index (χ0) is 24.2. The number of hydrogen-bond acceptors (Lipinski definition) is 5. The second-order valence-electron chi connectivity index (χ2n) is 9.05. The molecule has 0 atom stereocenters. The molecule has 0 bridgehead atoms. The third-order valence-electron chi connectivity index (χ3n) is 6.79. The van der Waals surface area contributed by atoms with E-state index >= 15 is 0 Å². The molecule has 7 rings (SSSR count). The number of para-hydroxylation sites is 1. The molecule has 8 heteroatoms. The van der Waals surface area contributed by atoms with Crippen LogP contribution >= 0.6 is 0 Å². The van der Waals surface area contributed by atoms with E-state index in [0.717, 1.165) is 18.2 Å². The Balaban J connectivity index is 1.33. The monoisotopic (exact) mass is 476 g/mol. The number of aromatic nitrogens is 5. The van der Waals surface area contributed by atoms with Gasteiger partial charge in [0.25, 0.3) is 0 Å². The van der Waals surface area contributed by atoms with Crippen LogP contribution in [0.5, 0.6) is 11.5 Å². The van der Waals surface area contributed by atoms with Crippen molar-refractivity contribution >= 4 is 27.8 Å². The first-order valence-electron chi connectivity index (χ1n) is 11.7. The number of hydrogen-bond donors (Lipinski definition) is 2. The zero-order valence-corrected chi connectivity index (χ0v) is 19.1. The van der Waals surface area contributed by atoms with E-state index in [0.29, 0.717) is 39.5 Å². The van der Waals surface area contributed by atoms with Gasteiger partial charge in [-0.05, 0) is 48.2 Å². The first-order valence-corrected chi connectivity index (χ1v) is 11.7. The molecule has 0 radical (unpaired) electrons. The van der Waals surface area contributed by atoms with Crippen molar-refractivity contribution in [1.82, 2.24) is 24.7 Å². The minimum absolute atomic E-state index is 0.126. The van der Waals surface area contributed by atoms with Gasteiger partial charge in [-0.2, -0.15) is 5.10 Å². The second-order valence-corrected chi connectivity index (χ2v) is 9.05. The van der Waals surface area contributed by atoms with Crippen molar-refractivity contribution in [2.75, 3.05) is 5.73 Å². The molecule has 7 nitrogen and oxygen atoms in total. The molecular weight excluding hydrogens is 455 g/mol. The van der Waals surface area contributed by atoms with Crippen molar-refractivity contribution in [2.24, 2.45) is 0 Å². The lowest BCUT2D eigenvalue weighted by molar-refractivity contribution is 0.443. The molecule has 36 heavy (non-hydrogen) atoms. The molecule has 3 aromatic heterocycles. The van der Waals surface area contributed by atoms with Crippen molar-refractivity contribution in [2.45, 2.75) is 18.9 Å². The molecule has 0 amide bonds. The summed E-state index contributed by atoms with van der Waals surface area (Å²) in [5.41, 5.74) is 11.6. The number of benzene rings is 3. The normalized spacial score (nSPS) is 13.5. The quantitative estimate of drug-likeness (QED) is 0.334. The van der Waals surface area contributed by atoms with E-state index < -0.39 is 5.82 Å². The van der Waals surface area contributed by atoms with Gasteiger partial charge in [-0.25, -0.2) is 19.0 Å². The minimum atomic E-state index is -0.457. The van der Waals surface area contributed by atoms with Crippen molar-refractivity contribution in [3.63, 3.8) is 0 Å². The highest BCUT2D eigenvalue weighted by Crippen LogP contribution is 2.38. The second kappa shape index (κ2) is 7.91. The number of rotatable bonds is 4. The summed E-state index contributed by atoms with van der Waals surface area (Å²) in [7, 11) is 0. The standard InChI is InChI=1S/C28H21FN6O/c29-21-14-22-18(13-24(21)36-20-8-2-1-3-9-20)12-23(33-22)26-25-27(30)31-15-32-28(25)35(34-26)19-10-16-6-4-5-7-17(16)11-19/h1-9,12-15,19,33H,10-11H2,(H2,30,31,32). The third kappa shape index (κ3) is 3.30. The molecule has 0 unspecified atom stereocenters. The van der Waals surface area contributed by atoms with Crippen molar-refractivity contribution < 1.29 is 9.13 Å². The molecular formula is C28H21FN6O. The zero-order valence-electron chi connectivity index (χ0n) is 19.1. The van der Waals surface area contributed by atoms with Gasteiger partial charge in [0.15, 0.2) is 17.2 Å². The van der Waals surface area contributed by atoms with Gasteiger partial charge in [-0.15, -0.1) is 0 Å². The molecule has 1 aliphatic rings. The van der Waals surface area contributed by atoms with Gasteiger partial charge in [0.1, 0.15) is 23.6 Å². The Hall–Kier alpha value is -4.72. The summed E-state index contributed by atoms with van der Waals surface area (Å²) < 4.78 is 22.6. The average Bonchev–Trinajstić information content (AvgIpc) is 3.60. The maximum Gasteiger partial charge on any atom is 0.167 e. The molecule has 0 fully saturated rings. The fourth-order valence-electron chi connectivity index (χ4n) is 5.10. The largest absolute Gasteiger partial charge is 0.454 e. The van der Waals surface area contributed by atoms with Gasteiger partial charge in [0.2, 0.25) is 0 Å². The number of ether oxygens (including phenoxy) is 1. The molecule has 3 N–H and O–H groups in total. The molecule has 0 saturated heterocycles. The van der Waals surface area contributed by atoms with Gasteiger partial charge in [0.05, 0.1) is 17.1 Å². The van der Waals surface area contributed by atoms with E-state index in [1.54, 1.807) is 18.2 Å². The SMILES string of the molecule is Nc1ncnc2c1c(-c1cc3cc(Oc4ccccc4)c(F)cc3[nH]1)nn2C1Cc2ccccc2C1. The predicted octanol–water partition coefficient (Wildman–Crippen LogP) is 5.83. The number of nitrogens with one attached hydrogen (secondary N) is 1. The predicted molar refractivity (Wildman–Crippen MR) is 136 cm³/mol. The summed E-state index contributed by atoms with van der Waals surface area (Å²) in [5, 5.41) is 6.45. The van der Waals surface area contributed by atoms with Crippen molar-refractivity contribution in [3.8, 4) is 22.9 Å². The Kier molecular flexibility index (Phi) is 4.54. The van der Waals surface area contributed by atoms with Crippen LogP contribution in [0.2, 0.25) is 0 Å². The van der Waals surface area contributed by atoms with E-state index in [1.165, 1.54) is 23.5 Å². The smallest absolute Gasteiger partial charge is 0.167 e. The fourth-order valence-corrected chi connectivity index (χ4v) is 5.10. The summed E-state index contributed by atoms with van der Waals surface area (Å²) in [5.74, 6) is 0.622. The summed E-state index contributed by atoms with van der Waals surface area (Å²) in [6, 6.07) is 22.8. The molecule has 1 aliphatic carbocycles. The van der Waals surface area contributed by atoms with Crippen molar-refractivity contribution in [1.29, 1.82) is 0 Å². The highest BCUT2D eigenvalue weighted by atomic mass is 19.1.